The Hall–Kier alpha value is -0.480. The van der Waals surface area contributed by atoms with Crippen LogP contribution in [0.15, 0.2) is 0 Å². The first kappa shape index (κ1) is 163. The molecule has 32 unspecified atom stereocenters. The summed E-state index contributed by atoms with van der Waals surface area (Å²) in [4.78, 5) is 0. The van der Waals surface area contributed by atoms with Crippen molar-refractivity contribution < 1.29 is 159 Å². The van der Waals surface area contributed by atoms with Gasteiger partial charge in [0.2, 0.25) is 0 Å². The van der Waals surface area contributed by atoms with Crippen molar-refractivity contribution in [1.82, 2.24) is 0 Å². The van der Waals surface area contributed by atoms with Gasteiger partial charge in [0.05, 0.1) is 45.9 Å². The molecule has 0 aliphatic heterocycles. The van der Waals surface area contributed by atoms with E-state index in [0.717, 1.165) is 189 Å². The molecule has 36 heteroatoms. The molecule has 0 aromatic rings. The smallest absolute Gasteiger partial charge is 0.157 e. The van der Waals surface area contributed by atoms with E-state index in [-0.39, 0.29) is 169 Å². The Labute approximate surface area is 906 Å². The largest absolute Gasteiger partial charge is 0.412 e. The average Bonchev–Trinajstić information content (AvgIpc) is 0.814. The van der Waals surface area contributed by atoms with Crippen molar-refractivity contribution in [1.29, 1.82) is 0 Å². The molecule has 16 rings (SSSR count). The molecule has 0 aromatic heterocycles. The Bertz CT molecular complexity index is 2690. The normalized spacial score (nSPS) is 43.8. The molecule has 0 spiro atoms. The van der Waals surface area contributed by atoms with Crippen LogP contribution in [0.1, 0.15) is 391 Å². The van der Waals surface area contributed by atoms with E-state index in [4.69, 9.17) is 65.4 Å². The van der Waals surface area contributed by atoms with Crippen molar-refractivity contribution in [2.45, 2.75) is 511 Å². The number of ether oxygens (including phenoxy) is 4. The second-order valence-electron chi connectivity index (χ2n) is 48.2. The quantitative estimate of drug-likeness (QED) is 0.136. The van der Waals surface area contributed by atoms with Crippen molar-refractivity contribution in [3.05, 3.63) is 0 Å². The minimum Gasteiger partial charge on any atom is -0.412 e. The fourth-order valence-corrected chi connectivity index (χ4v) is 30.2. The summed E-state index contributed by atoms with van der Waals surface area (Å²) in [6.45, 7) is 26.1. The number of alkyl halides is 16. The molecule has 0 amide bonds. The third-order valence-electron chi connectivity index (χ3n) is 38.8. The predicted molar refractivity (Wildman–Crippen MR) is 586 cm³/mol. The van der Waals surface area contributed by atoms with Crippen LogP contribution in [-0.2, 0) is 18.9 Å². The highest BCUT2D eigenvalue weighted by atomic mass is 35.5. The number of hydrogen-bond acceptors (Lipinski definition) is 4. The zero-order chi connectivity index (χ0) is 96.5. The molecule has 0 radical (unpaired) electrons. The van der Waals surface area contributed by atoms with Gasteiger partial charge in [0.15, 0.2) is 12.3 Å². The van der Waals surface area contributed by atoms with Crippen molar-refractivity contribution >= 4 is 46.4 Å². The summed E-state index contributed by atoms with van der Waals surface area (Å²) >= 11 is 25.0. The van der Waals surface area contributed by atoms with E-state index in [0.29, 0.717) is 77.9 Å². The Morgan fingerprint density at radius 2 is 0.291 bits per heavy atom. The maximum Gasteiger partial charge on any atom is 0.157 e. The highest BCUT2D eigenvalue weighted by Gasteiger charge is 2.51. The molecule has 148 heavy (non-hydrogen) atoms. The van der Waals surface area contributed by atoms with Crippen molar-refractivity contribution in [3.8, 4) is 0 Å². The summed E-state index contributed by atoms with van der Waals surface area (Å²) < 4.78 is 188. The molecule has 16 aliphatic carbocycles. The second kappa shape index (κ2) is 81.2. The molecular formula is C112H224Cl4F12O20. The molecule has 20 nitrogen and oxygen atoms in total. The van der Waals surface area contributed by atoms with Gasteiger partial charge in [0.1, 0.15) is 61.7 Å². The van der Waals surface area contributed by atoms with E-state index >= 15 is 0 Å². The van der Waals surface area contributed by atoms with Gasteiger partial charge in [0.25, 0.3) is 0 Å². The van der Waals surface area contributed by atoms with Gasteiger partial charge in [-0.05, 0) is 371 Å². The van der Waals surface area contributed by atoms with Gasteiger partial charge in [-0.2, -0.15) is 0 Å². The molecule has 32 atom stereocenters. The van der Waals surface area contributed by atoms with E-state index in [1.807, 2.05) is 20.8 Å². The first-order valence-electron chi connectivity index (χ1n) is 55.3. The summed E-state index contributed by atoms with van der Waals surface area (Å²) in [7, 11) is 6.18. The minimum atomic E-state index is -1.42. The summed E-state index contributed by atoms with van der Waals surface area (Å²) in [5, 5.41) is -1.24. The summed E-state index contributed by atoms with van der Waals surface area (Å²) in [5.41, 5.74) is 0. The summed E-state index contributed by atoms with van der Waals surface area (Å²) in [6, 6.07) is 0. The topological polar surface area (TPSA) is 541 Å². The van der Waals surface area contributed by atoms with Gasteiger partial charge >= 0.3 is 0 Å². The van der Waals surface area contributed by atoms with E-state index in [9.17, 15) is 52.7 Å². The maximum absolute atomic E-state index is 14.3. The Kier molecular flexibility index (Phi) is 89.2. The van der Waals surface area contributed by atoms with Gasteiger partial charge in [-0.15, -0.1) is 46.4 Å². The van der Waals surface area contributed by atoms with Gasteiger partial charge in [-0.3, -0.25) is 0 Å². The molecular weight excluding hydrogens is 2030 g/mol. The summed E-state index contributed by atoms with van der Waals surface area (Å²) in [6.07, 6.45) is 38.0. The van der Waals surface area contributed by atoms with Crippen LogP contribution in [0.25, 0.3) is 0 Å². The fraction of sp³-hybridized carbons (Fsp3) is 1.00. The van der Waals surface area contributed by atoms with E-state index < -0.39 is 91.6 Å². The van der Waals surface area contributed by atoms with Crippen LogP contribution in [0, 0.1) is 166 Å². The molecule has 0 heterocycles. The number of halogens is 16. The number of hydrogen-bond donors (Lipinski definition) is 0. The van der Waals surface area contributed by atoms with Gasteiger partial charge in [-0.25, -0.2) is 52.7 Å². The first-order valence-corrected chi connectivity index (χ1v) is 57.0. The van der Waals surface area contributed by atoms with Crippen LogP contribution in [0.5, 0.6) is 0 Å². The second-order valence-corrected chi connectivity index (χ2v) is 50.2. The lowest BCUT2D eigenvalue weighted by atomic mass is 9.68. The molecule has 0 bridgehead atoms. The van der Waals surface area contributed by atoms with Gasteiger partial charge in [0, 0.05) is 28.4 Å². The standard InChI is InChI=1S/2C14H24ClFO.2C14H24ClF.2C14H24F2O.2C14H24F2.16H2O/c1-9-3-5-10(6-4-9)11-7-8-12(17-2)13(15)14(11)16;1-9-3-5-10(6-4-9)11-7-8-12(17-2)14(16)13(11)15;1-9-3-6-11(7-4-9)12-8-5-10(2)14(16)13(12)15;1-9-3-6-11(7-4-9)12-8-5-10(2)13(15)14(12)16;2*1-9-3-5-10(6-4-9)11-7-8-12(17-2)14(16)13(11)15;2*1-9-3-6-11(7-4-9)12-8-5-10(2)13(15)14(12)16;;;;;;;;;;;;;;;;/h2*9-14H,3-8H2,1-2H3;2*9-14H,3-8H2,1-2H3;2*9-14H,3-8H2,1-2H3;2*9-14H,3-8H2,1-2H3;16*1H2. The Morgan fingerprint density at radius 1 is 0.135 bits per heavy atom. The van der Waals surface area contributed by atoms with Crippen LogP contribution in [0.4, 0.5) is 52.7 Å². The summed E-state index contributed by atoms with van der Waals surface area (Å²) in [5.74, 6) is 12.2. The molecule has 32 N–H and O–H groups in total. The van der Waals surface area contributed by atoms with Crippen LogP contribution < -0.4 is 0 Å². The van der Waals surface area contributed by atoms with Crippen molar-refractivity contribution in [2.75, 3.05) is 28.4 Å². The van der Waals surface area contributed by atoms with Crippen LogP contribution >= 0.6 is 46.4 Å². The molecule has 0 aromatic carbocycles. The average molecular weight is 2260 g/mol. The first-order chi connectivity index (χ1) is 62.9. The Balaban J connectivity index is -0.000000248. The highest BCUT2D eigenvalue weighted by molar-refractivity contribution is 6.22. The molecule has 16 fully saturated rings. The van der Waals surface area contributed by atoms with Gasteiger partial charge < -0.3 is 107 Å². The van der Waals surface area contributed by atoms with Crippen molar-refractivity contribution in [2.24, 2.45) is 166 Å². The third kappa shape index (κ3) is 46.6. The predicted octanol–water partition coefficient (Wildman–Crippen LogP) is 21.7. The fourth-order valence-electron chi connectivity index (χ4n) is 28.4. The number of rotatable bonds is 12. The van der Waals surface area contributed by atoms with E-state index in [1.165, 1.54) is 168 Å². The SMILES string of the molecule is CC1CCC(C2CCC(C)C(Cl)C2F)CC1.CC1CCC(C2CCC(C)C(F)C2Cl)CC1.CC1CCC(C2CCC(C)C(F)C2F)CC1.CC1CCC(C2CCC(C)C(F)C2F)CC1.COC1CCC(C2CCC(C)CC2)C(Cl)C1F.COC1CCC(C2CCC(C)CC2)C(F)C1Cl.COC1CCC(C2CCC(C)CC2)C(F)C1F.COC1CCC(C2CCC(C)CC2)C(F)C1F.O.O.O.O.O.O.O.O.O.O.O.O.O.O.O.O. The zero-order valence-corrected chi connectivity index (χ0v) is 96.4. The number of methoxy groups -OCH3 is 4. The monoisotopic (exact) mass is 2260 g/mol. The zero-order valence-electron chi connectivity index (χ0n) is 93.3. The van der Waals surface area contributed by atoms with Crippen LogP contribution in [-0.4, -0.2) is 236 Å². The van der Waals surface area contributed by atoms with E-state index in [1.54, 1.807) is 14.2 Å². The lowest BCUT2D eigenvalue weighted by Crippen LogP contribution is -2.45. The molecule has 16 aliphatic rings. The molecule has 904 valence electrons. The Morgan fingerprint density at radius 3 is 0.520 bits per heavy atom. The lowest BCUT2D eigenvalue weighted by Gasteiger charge is -2.41. The highest BCUT2D eigenvalue weighted by Crippen LogP contribution is 2.53. The lowest BCUT2D eigenvalue weighted by molar-refractivity contribution is -0.0717. The third-order valence-corrected chi connectivity index (χ3v) is 41.1. The molecule has 16 saturated carbocycles. The van der Waals surface area contributed by atoms with Gasteiger partial charge in [-0.1, -0.05) is 186 Å². The van der Waals surface area contributed by atoms with E-state index in [2.05, 4.69) is 62.3 Å². The van der Waals surface area contributed by atoms with Crippen LogP contribution in [0.2, 0.25) is 0 Å². The maximum atomic E-state index is 14.3. The van der Waals surface area contributed by atoms with Crippen molar-refractivity contribution in [3.63, 3.8) is 0 Å². The minimum absolute atomic E-state index is 0. The van der Waals surface area contributed by atoms with Crippen LogP contribution in [0.3, 0.4) is 0 Å². The molecule has 0 saturated heterocycles.